The molecule has 0 aliphatic carbocycles. The summed E-state index contributed by atoms with van der Waals surface area (Å²) in [5.41, 5.74) is 5.84. The molecule has 1 aromatic rings. The molecule has 0 aromatic carbocycles. The molecule has 0 saturated carbocycles. The van der Waals surface area contributed by atoms with Gasteiger partial charge in [-0.15, -0.1) is 0 Å². The summed E-state index contributed by atoms with van der Waals surface area (Å²) in [4.78, 5) is 3.77. The number of halogens is 2. The van der Waals surface area contributed by atoms with E-state index in [-0.39, 0.29) is 17.9 Å². The molecule has 0 fully saturated rings. The van der Waals surface area contributed by atoms with Crippen LogP contribution >= 0.6 is 0 Å². The molecule has 7 heteroatoms. The van der Waals surface area contributed by atoms with E-state index < -0.39 is 12.5 Å². The van der Waals surface area contributed by atoms with Gasteiger partial charge >= 0.3 is 0 Å². The molecule has 1 aromatic heterocycles. The van der Waals surface area contributed by atoms with E-state index in [0.29, 0.717) is 5.69 Å². The third kappa shape index (κ3) is 3.03. The van der Waals surface area contributed by atoms with Crippen molar-refractivity contribution in [3.05, 3.63) is 17.8 Å². The van der Waals surface area contributed by atoms with E-state index in [9.17, 15) is 8.78 Å². The van der Waals surface area contributed by atoms with Crippen LogP contribution in [-0.2, 0) is 0 Å². The van der Waals surface area contributed by atoms with Crippen molar-refractivity contribution in [2.24, 2.45) is 0 Å². The quantitative estimate of drug-likeness (QED) is 0.700. The SMILES string of the molecule is N#Cc1cc(N)cnc1NCC(O)C(F)F. The molecule has 1 rings (SSSR count). The fraction of sp³-hybridized carbons (Fsp3) is 0.333. The summed E-state index contributed by atoms with van der Waals surface area (Å²) in [6.45, 7) is -0.386. The molecule has 0 amide bonds. The molecule has 5 nitrogen and oxygen atoms in total. The number of aromatic nitrogens is 1. The molecule has 86 valence electrons. The van der Waals surface area contributed by atoms with Gasteiger partial charge in [0.25, 0.3) is 6.43 Å². The van der Waals surface area contributed by atoms with Crippen LogP contribution in [0.3, 0.4) is 0 Å². The molecular weight excluding hydrogens is 218 g/mol. The Bertz CT molecular complexity index is 405. The third-order valence-corrected chi connectivity index (χ3v) is 1.80. The Hall–Kier alpha value is -1.94. The smallest absolute Gasteiger partial charge is 0.265 e. The van der Waals surface area contributed by atoms with Crippen molar-refractivity contribution >= 4 is 11.5 Å². The van der Waals surface area contributed by atoms with Crippen LogP contribution in [0.15, 0.2) is 12.3 Å². The fourth-order valence-electron chi connectivity index (χ4n) is 0.997. The number of aliphatic hydroxyl groups is 1. The van der Waals surface area contributed by atoms with E-state index in [2.05, 4.69) is 10.3 Å². The minimum Gasteiger partial charge on any atom is -0.397 e. The number of nitriles is 1. The first-order valence-electron chi connectivity index (χ1n) is 4.40. The molecule has 1 atom stereocenters. The van der Waals surface area contributed by atoms with Gasteiger partial charge < -0.3 is 16.2 Å². The highest BCUT2D eigenvalue weighted by atomic mass is 19.3. The maximum Gasteiger partial charge on any atom is 0.265 e. The van der Waals surface area contributed by atoms with Crippen molar-refractivity contribution in [1.82, 2.24) is 4.98 Å². The van der Waals surface area contributed by atoms with Crippen LogP contribution < -0.4 is 11.1 Å². The van der Waals surface area contributed by atoms with Gasteiger partial charge in [-0.05, 0) is 6.07 Å². The van der Waals surface area contributed by atoms with Gasteiger partial charge in [0.1, 0.15) is 18.0 Å². The zero-order chi connectivity index (χ0) is 12.1. The predicted molar refractivity (Wildman–Crippen MR) is 53.9 cm³/mol. The average Bonchev–Trinajstić information content (AvgIpc) is 2.26. The van der Waals surface area contributed by atoms with Crippen LogP contribution in [0.25, 0.3) is 0 Å². The normalized spacial score (nSPS) is 12.2. The van der Waals surface area contributed by atoms with Gasteiger partial charge in [0.2, 0.25) is 0 Å². The number of anilines is 2. The summed E-state index contributed by atoms with van der Waals surface area (Å²) in [5.74, 6) is 0.122. The first-order valence-corrected chi connectivity index (χ1v) is 4.40. The van der Waals surface area contributed by atoms with E-state index in [1.54, 1.807) is 0 Å². The summed E-state index contributed by atoms with van der Waals surface area (Å²) >= 11 is 0. The van der Waals surface area contributed by atoms with E-state index in [0.717, 1.165) is 0 Å². The Balaban J connectivity index is 2.71. The zero-order valence-electron chi connectivity index (χ0n) is 8.19. The minimum absolute atomic E-state index is 0.122. The van der Waals surface area contributed by atoms with Crippen LogP contribution in [0.5, 0.6) is 0 Å². The molecule has 16 heavy (non-hydrogen) atoms. The van der Waals surface area contributed by atoms with Gasteiger partial charge in [-0.25, -0.2) is 13.8 Å². The van der Waals surface area contributed by atoms with Crippen molar-refractivity contribution < 1.29 is 13.9 Å². The van der Waals surface area contributed by atoms with Crippen molar-refractivity contribution in [2.45, 2.75) is 12.5 Å². The largest absolute Gasteiger partial charge is 0.397 e. The monoisotopic (exact) mass is 228 g/mol. The summed E-state index contributed by atoms with van der Waals surface area (Å²) < 4.78 is 24.0. The number of pyridine rings is 1. The summed E-state index contributed by atoms with van der Waals surface area (Å²) in [6, 6.07) is 3.18. The molecule has 0 bridgehead atoms. The van der Waals surface area contributed by atoms with E-state index in [1.807, 2.05) is 6.07 Å². The molecule has 1 unspecified atom stereocenters. The number of hydrogen-bond acceptors (Lipinski definition) is 5. The number of nitrogens with one attached hydrogen (secondary N) is 1. The predicted octanol–water partition coefficient (Wildman–Crippen LogP) is 0.573. The van der Waals surface area contributed by atoms with Crippen molar-refractivity contribution in [1.29, 1.82) is 5.26 Å². The highest BCUT2D eigenvalue weighted by Crippen LogP contribution is 2.14. The maximum absolute atomic E-state index is 12.0. The minimum atomic E-state index is -2.84. The Labute approximate surface area is 90.5 Å². The summed E-state index contributed by atoms with van der Waals surface area (Å²) in [5, 5.41) is 20.0. The summed E-state index contributed by atoms with van der Waals surface area (Å²) in [7, 11) is 0. The Kier molecular flexibility index (Phi) is 3.96. The Morgan fingerprint density at radius 2 is 2.31 bits per heavy atom. The zero-order valence-corrected chi connectivity index (χ0v) is 8.19. The second-order valence-corrected chi connectivity index (χ2v) is 3.06. The molecule has 0 aliphatic heterocycles. The molecule has 0 radical (unpaired) electrons. The second kappa shape index (κ2) is 5.23. The van der Waals surface area contributed by atoms with Gasteiger partial charge in [-0.2, -0.15) is 5.26 Å². The van der Waals surface area contributed by atoms with Gasteiger partial charge in [0, 0.05) is 6.54 Å². The molecule has 0 aliphatic rings. The standard InChI is InChI=1S/C9H10F2N4O/c10-8(11)7(16)4-15-9-5(2-12)1-6(13)3-14-9/h1,3,7-8,16H,4,13H2,(H,14,15). The second-order valence-electron chi connectivity index (χ2n) is 3.06. The number of nitrogens with zero attached hydrogens (tertiary/aromatic N) is 2. The number of alkyl halides is 2. The van der Waals surface area contributed by atoms with Crippen LogP contribution in [0.2, 0.25) is 0 Å². The van der Waals surface area contributed by atoms with Crippen LogP contribution in [0.1, 0.15) is 5.56 Å². The van der Waals surface area contributed by atoms with Crippen molar-refractivity contribution in [3.8, 4) is 6.07 Å². The van der Waals surface area contributed by atoms with E-state index >= 15 is 0 Å². The first kappa shape index (κ1) is 12.1. The van der Waals surface area contributed by atoms with E-state index in [1.165, 1.54) is 12.3 Å². The van der Waals surface area contributed by atoms with Crippen molar-refractivity contribution in [2.75, 3.05) is 17.6 Å². The van der Waals surface area contributed by atoms with Gasteiger partial charge in [0.05, 0.1) is 17.4 Å². The highest BCUT2D eigenvalue weighted by molar-refractivity contribution is 5.57. The van der Waals surface area contributed by atoms with Crippen LogP contribution in [0, 0.1) is 11.3 Å². The molecular formula is C9H10F2N4O. The number of rotatable bonds is 4. The fourth-order valence-corrected chi connectivity index (χ4v) is 0.997. The summed E-state index contributed by atoms with van der Waals surface area (Å²) in [6.07, 6.45) is -3.35. The average molecular weight is 228 g/mol. The van der Waals surface area contributed by atoms with Crippen LogP contribution in [-0.4, -0.2) is 29.2 Å². The highest BCUT2D eigenvalue weighted by Gasteiger charge is 2.17. The van der Waals surface area contributed by atoms with Gasteiger partial charge in [-0.1, -0.05) is 0 Å². The van der Waals surface area contributed by atoms with Crippen molar-refractivity contribution in [3.63, 3.8) is 0 Å². The molecule has 0 spiro atoms. The first-order chi connectivity index (χ1) is 7.54. The Morgan fingerprint density at radius 3 is 2.88 bits per heavy atom. The lowest BCUT2D eigenvalue weighted by Crippen LogP contribution is -2.27. The molecule has 4 N–H and O–H groups in total. The number of hydrogen-bond donors (Lipinski definition) is 3. The topological polar surface area (TPSA) is 95.0 Å². The lowest BCUT2D eigenvalue weighted by molar-refractivity contribution is 0.00380. The maximum atomic E-state index is 12.0. The Morgan fingerprint density at radius 1 is 1.62 bits per heavy atom. The van der Waals surface area contributed by atoms with Crippen LogP contribution in [0.4, 0.5) is 20.3 Å². The molecule has 1 heterocycles. The van der Waals surface area contributed by atoms with Gasteiger partial charge in [-0.3, -0.25) is 0 Å². The lowest BCUT2D eigenvalue weighted by Gasteiger charge is -2.11. The van der Waals surface area contributed by atoms with E-state index in [4.69, 9.17) is 16.1 Å². The number of aliphatic hydroxyl groups excluding tert-OH is 1. The molecule has 0 saturated heterocycles. The third-order valence-electron chi connectivity index (χ3n) is 1.80. The number of nitrogens with two attached hydrogens (primary N) is 1. The number of nitrogen functional groups attached to an aromatic ring is 1. The lowest BCUT2D eigenvalue weighted by atomic mass is 10.2. The van der Waals surface area contributed by atoms with Gasteiger partial charge in [0.15, 0.2) is 0 Å².